The molecule has 0 amide bonds. The van der Waals surface area contributed by atoms with Gasteiger partial charge in [-0.25, -0.2) is 4.79 Å². The number of rotatable bonds is 4. The first-order valence-electron chi connectivity index (χ1n) is 6.31. The summed E-state index contributed by atoms with van der Waals surface area (Å²) in [5.74, 6) is -0.594. The van der Waals surface area contributed by atoms with Gasteiger partial charge in [-0.1, -0.05) is 12.1 Å². The molecule has 3 nitrogen and oxygen atoms in total. The molecule has 1 aliphatic rings. The van der Waals surface area contributed by atoms with Crippen LogP contribution in [0.4, 0.5) is 13.2 Å². The molecule has 0 aromatic heterocycles. The molecule has 0 bridgehead atoms. The molecule has 1 N–H and O–H groups in total. The van der Waals surface area contributed by atoms with Crippen molar-refractivity contribution >= 4 is 5.97 Å². The van der Waals surface area contributed by atoms with Crippen LogP contribution in [0.5, 0.6) is 0 Å². The molecule has 0 radical (unpaired) electrons. The Hall–Kier alpha value is -1.56. The Balaban J connectivity index is 2.40. The smallest absolute Gasteiger partial charge is 0.416 e. The second-order valence-corrected chi connectivity index (χ2v) is 5.11. The van der Waals surface area contributed by atoms with Crippen LogP contribution >= 0.6 is 0 Å². The van der Waals surface area contributed by atoms with Gasteiger partial charge in [0.05, 0.1) is 12.7 Å². The maximum atomic E-state index is 12.8. The van der Waals surface area contributed by atoms with Crippen LogP contribution in [-0.2, 0) is 21.2 Å². The van der Waals surface area contributed by atoms with Crippen molar-refractivity contribution in [2.75, 3.05) is 7.11 Å². The number of hydrogen-bond donors (Lipinski definition) is 1. The molecule has 1 aromatic carbocycles. The number of ether oxygens (including phenoxy) is 1. The molecule has 6 heteroatoms. The fourth-order valence-electron chi connectivity index (χ4n) is 2.11. The third-order valence-electron chi connectivity index (χ3n) is 3.43. The van der Waals surface area contributed by atoms with Gasteiger partial charge in [-0.15, -0.1) is 0 Å². The first-order valence-corrected chi connectivity index (χ1v) is 6.31. The summed E-state index contributed by atoms with van der Waals surface area (Å²) in [6, 6.07) is 4.92. The number of benzene rings is 1. The Morgan fingerprint density at radius 2 is 1.90 bits per heavy atom. The fraction of sp³-hybridized carbons (Fsp3) is 0.500. The molecule has 1 saturated carbocycles. The number of carbonyl (C=O) groups is 1. The number of nitrogens with one attached hydrogen (secondary N) is 1. The van der Waals surface area contributed by atoms with Crippen molar-refractivity contribution in [3.63, 3.8) is 0 Å². The average Bonchev–Trinajstić information content (AvgIpc) is 3.20. The van der Waals surface area contributed by atoms with E-state index in [1.54, 1.807) is 6.92 Å². The maximum absolute atomic E-state index is 12.8. The van der Waals surface area contributed by atoms with Crippen molar-refractivity contribution in [1.29, 1.82) is 0 Å². The van der Waals surface area contributed by atoms with Crippen molar-refractivity contribution < 1.29 is 22.7 Å². The van der Waals surface area contributed by atoms with Crippen LogP contribution in [0.1, 0.15) is 30.9 Å². The summed E-state index contributed by atoms with van der Waals surface area (Å²) in [7, 11) is 1.22. The van der Waals surface area contributed by atoms with Crippen LogP contribution in [0.2, 0.25) is 0 Å². The second kappa shape index (κ2) is 5.09. The van der Waals surface area contributed by atoms with Crippen LogP contribution in [0.25, 0.3) is 0 Å². The lowest BCUT2D eigenvalue weighted by Crippen LogP contribution is -2.48. The molecule has 0 spiro atoms. The highest BCUT2D eigenvalue weighted by molar-refractivity contribution is 5.82. The molecule has 1 atom stereocenters. The van der Waals surface area contributed by atoms with E-state index in [0.29, 0.717) is 0 Å². The van der Waals surface area contributed by atoms with Crippen molar-refractivity contribution in [2.45, 2.75) is 37.5 Å². The van der Waals surface area contributed by atoms with Gasteiger partial charge >= 0.3 is 12.1 Å². The highest BCUT2D eigenvalue weighted by atomic mass is 19.4. The van der Waals surface area contributed by atoms with E-state index in [1.807, 2.05) is 0 Å². The van der Waals surface area contributed by atoms with Gasteiger partial charge in [0.15, 0.2) is 0 Å². The van der Waals surface area contributed by atoms with Gasteiger partial charge in [-0.3, -0.25) is 5.32 Å². The molecule has 20 heavy (non-hydrogen) atoms. The van der Waals surface area contributed by atoms with Gasteiger partial charge in [-0.05, 0) is 37.5 Å². The molecule has 110 valence electrons. The van der Waals surface area contributed by atoms with Gasteiger partial charge < -0.3 is 4.74 Å². The maximum Gasteiger partial charge on any atom is 0.416 e. The Kier molecular flexibility index (Phi) is 3.77. The molecule has 0 saturated heterocycles. The molecule has 0 heterocycles. The van der Waals surface area contributed by atoms with E-state index < -0.39 is 23.2 Å². The van der Waals surface area contributed by atoms with E-state index in [1.165, 1.54) is 19.2 Å². The van der Waals surface area contributed by atoms with E-state index in [4.69, 9.17) is 4.74 Å². The second-order valence-electron chi connectivity index (χ2n) is 5.11. The topological polar surface area (TPSA) is 38.3 Å². The van der Waals surface area contributed by atoms with Gasteiger partial charge in [0.1, 0.15) is 5.54 Å². The number of esters is 1. The Labute approximate surface area is 115 Å². The van der Waals surface area contributed by atoms with Crippen LogP contribution in [0.15, 0.2) is 24.3 Å². The lowest BCUT2D eigenvalue weighted by atomic mass is 9.90. The Morgan fingerprint density at radius 1 is 1.30 bits per heavy atom. The lowest BCUT2D eigenvalue weighted by molar-refractivity contribution is -0.148. The Morgan fingerprint density at radius 3 is 2.40 bits per heavy atom. The normalized spacial score (nSPS) is 18.4. The first-order chi connectivity index (χ1) is 9.27. The zero-order valence-corrected chi connectivity index (χ0v) is 11.3. The van der Waals surface area contributed by atoms with Gasteiger partial charge in [0.2, 0.25) is 0 Å². The predicted octanol–water partition coefficient (Wildman–Crippen LogP) is 2.85. The van der Waals surface area contributed by atoms with Crippen LogP contribution in [-0.4, -0.2) is 19.1 Å². The summed E-state index contributed by atoms with van der Waals surface area (Å²) in [6.07, 6.45) is -2.62. The minimum absolute atomic E-state index is 0.147. The number of hydrogen-bond acceptors (Lipinski definition) is 3. The Bertz CT molecular complexity index is 511. The fourth-order valence-corrected chi connectivity index (χ4v) is 2.11. The molecule has 1 aromatic rings. The van der Waals surface area contributed by atoms with Crippen LogP contribution in [0.3, 0.4) is 0 Å². The molecule has 1 fully saturated rings. The molecule has 1 aliphatic carbocycles. The number of alkyl halides is 3. The largest absolute Gasteiger partial charge is 0.467 e. The minimum atomic E-state index is -4.44. The number of carbonyl (C=O) groups excluding carboxylic acids is 1. The summed E-state index contributed by atoms with van der Waals surface area (Å²) in [5.41, 5.74) is -1.79. The number of halogens is 3. The third kappa shape index (κ3) is 2.95. The standard InChI is InChI=1S/C14H16F3NO2/c1-13(12(19)20-2,18-11-6-7-11)9-4-3-5-10(8-9)14(15,16)17/h3-5,8,11,18H,6-7H2,1-2H3. The minimum Gasteiger partial charge on any atom is -0.467 e. The summed E-state index contributed by atoms with van der Waals surface area (Å²) in [4.78, 5) is 12.0. The molecular weight excluding hydrogens is 271 g/mol. The van der Waals surface area contributed by atoms with Gasteiger partial charge in [-0.2, -0.15) is 13.2 Å². The highest BCUT2D eigenvalue weighted by Crippen LogP contribution is 2.34. The quantitative estimate of drug-likeness (QED) is 0.865. The molecule has 1 unspecified atom stereocenters. The molecule has 2 rings (SSSR count). The van der Waals surface area contributed by atoms with Crippen molar-refractivity contribution in [3.8, 4) is 0 Å². The van der Waals surface area contributed by atoms with Crippen molar-refractivity contribution in [1.82, 2.24) is 5.32 Å². The SMILES string of the molecule is COC(=O)C(C)(NC1CC1)c1cccc(C(F)(F)F)c1. The van der Waals surface area contributed by atoms with Gasteiger partial charge in [0, 0.05) is 6.04 Å². The van der Waals surface area contributed by atoms with E-state index >= 15 is 0 Å². The zero-order valence-electron chi connectivity index (χ0n) is 11.3. The van der Waals surface area contributed by atoms with E-state index in [0.717, 1.165) is 25.0 Å². The van der Waals surface area contributed by atoms with Crippen molar-refractivity contribution in [3.05, 3.63) is 35.4 Å². The summed E-state index contributed by atoms with van der Waals surface area (Å²) >= 11 is 0. The summed E-state index contributed by atoms with van der Waals surface area (Å²) in [6.45, 7) is 1.55. The van der Waals surface area contributed by atoms with E-state index in [2.05, 4.69) is 5.32 Å². The summed E-state index contributed by atoms with van der Waals surface area (Å²) < 4.78 is 43.1. The highest BCUT2D eigenvalue weighted by Gasteiger charge is 2.42. The van der Waals surface area contributed by atoms with Crippen LogP contribution < -0.4 is 5.32 Å². The van der Waals surface area contributed by atoms with E-state index in [-0.39, 0.29) is 11.6 Å². The molecule has 0 aliphatic heterocycles. The zero-order chi connectivity index (χ0) is 15.0. The van der Waals surface area contributed by atoms with Crippen LogP contribution in [0, 0.1) is 0 Å². The predicted molar refractivity (Wildman–Crippen MR) is 67.0 cm³/mol. The van der Waals surface area contributed by atoms with E-state index in [9.17, 15) is 18.0 Å². The monoisotopic (exact) mass is 287 g/mol. The first kappa shape index (κ1) is 14.8. The average molecular weight is 287 g/mol. The van der Waals surface area contributed by atoms with Gasteiger partial charge in [0.25, 0.3) is 0 Å². The molecular formula is C14H16F3NO2. The summed E-state index contributed by atoms with van der Waals surface area (Å²) in [5, 5.41) is 3.07. The van der Waals surface area contributed by atoms with Crippen molar-refractivity contribution in [2.24, 2.45) is 0 Å². The number of methoxy groups -OCH3 is 1. The third-order valence-corrected chi connectivity index (χ3v) is 3.43. The lowest BCUT2D eigenvalue weighted by Gasteiger charge is -2.29.